The number of rotatable bonds is 3. The van der Waals surface area contributed by atoms with Gasteiger partial charge in [-0.15, -0.1) is 0 Å². The van der Waals surface area contributed by atoms with Crippen molar-refractivity contribution in [2.24, 2.45) is 28.6 Å². The number of anilines is 1. The number of alkyl halides is 4. The summed E-state index contributed by atoms with van der Waals surface area (Å²) < 4.78 is 58.1. The van der Waals surface area contributed by atoms with Gasteiger partial charge in [-0.2, -0.15) is 13.2 Å². The normalized spacial score (nSPS) is 42.2. The molecule has 1 saturated heterocycles. The summed E-state index contributed by atoms with van der Waals surface area (Å²) in [6.45, 7) is 2.61. The van der Waals surface area contributed by atoms with Gasteiger partial charge in [-0.1, -0.05) is 30.2 Å². The molecular weight excluding hydrogens is 554 g/mol. The minimum atomic E-state index is -4.71. The largest absolute Gasteiger partial charge is 0.417 e. The van der Waals surface area contributed by atoms with Crippen LogP contribution in [0.3, 0.4) is 0 Å². The number of hydroxylamine groups is 1. The van der Waals surface area contributed by atoms with E-state index in [1.165, 1.54) is 23.3 Å². The Labute approximate surface area is 233 Å². The van der Waals surface area contributed by atoms with Crippen LogP contribution >= 0.6 is 11.6 Å². The van der Waals surface area contributed by atoms with Crippen molar-refractivity contribution >= 4 is 28.9 Å². The van der Waals surface area contributed by atoms with E-state index in [1.54, 1.807) is 19.9 Å². The number of fused-ring (bicyclic) bond motifs is 7. The number of carbonyl (C=O) groups excluding carboxylic acids is 2. The monoisotopic (exact) mass is 583 g/mol. The zero-order valence-corrected chi connectivity index (χ0v) is 22.7. The maximum absolute atomic E-state index is 17.4. The molecule has 8 atom stereocenters. The third kappa shape index (κ3) is 3.33. The number of aliphatic hydroxyl groups excluding tert-OH is 2. The van der Waals surface area contributed by atoms with Crippen LogP contribution in [0.2, 0.25) is 5.02 Å². The number of halogens is 5. The minimum Gasteiger partial charge on any atom is -0.390 e. The van der Waals surface area contributed by atoms with Crippen LogP contribution in [-0.2, 0) is 20.6 Å². The molecular formula is C29H30ClF4NO5. The van der Waals surface area contributed by atoms with E-state index in [2.05, 4.69) is 0 Å². The van der Waals surface area contributed by atoms with E-state index < -0.39 is 75.1 Å². The first kappa shape index (κ1) is 27.9. The SMILES string of the molecule is C[C@]12C=CC(=O)C=C1CC[C@H]1[C@@H]3C[C@H]4CN(c5ccc(Cl)c(C(F)(F)F)c5)O[C@@]4(C(=O)CO)[C@@]3(C)C[C@H](O)[C@@]12F. The van der Waals surface area contributed by atoms with Crippen LogP contribution < -0.4 is 5.06 Å². The van der Waals surface area contributed by atoms with Gasteiger partial charge in [0.15, 0.2) is 22.8 Å². The van der Waals surface area contributed by atoms with Gasteiger partial charge in [0.2, 0.25) is 0 Å². The van der Waals surface area contributed by atoms with Crippen molar-refractivity contribution in [2.45, 2.75) is 63.1 Å². The highest BCUT2D eigenvalue weighted by Gasteiger charge is 2.79. The lowest BCUT2D eigenvalue weighted by atomic mass is 9.44. The van der Waals surface area contributed by atoms with Gasteiger partial charge in [0, 0.05) is 22.7 Å². The van der Waals surface area contributed by atoms with E-state index in [0.29, 0.717) is 24.8 Å². The fraction of sp³-hybridized carbons (Fsp3) is 0.586. The summed E-state index contributed by atoms with van der Waals surface area (Å²) in [6, 6.07) is 3.33. The standard InChI is InChI=1S/C29H30ClF4NO5/c1-25-8-7-18(37)9-15(25)3-5-19-20-10-16-13-35(17-4-6-22(30)21(11-17)29(32,33)34)40-28(16,24(39)14-36)26(20,2)12-23(38)27(19,25)31/h4,6-9,11,16,19-20,23,36,38H,3,5,10,12-14H2,1-2H3/t16-,19-,20-,23-,25-,26-,27-,28-/m0/s1. The Bertz CT molecular complexity index is 1360. The molecule has 0 amide bonds. The first-order valence-electron chi connectivity index (χ1n) is 13.4. The molecule has 0 bridgehead atoms. The molecule has 4 fully saturated rings. The van der Waals surface area contributed by atoms with E-state index in [9.17, 15) is 33.0 Å². The number of hydrogen-bond donors (Lipinski definition) is 2. The van der Waals surface area contributed by atoms with E-state index in [-0.39, 0.29) is 24.4 Å². The molecule has 5 aliphatic rings. The lowest BCUT2D eigenvalue weighted by molar-refractivity contribution is -0.223. The van der Waals surface area contributed by atoms with Crippen LogP contribution in [0.4, 0.5) is 23.2 Å². The molecule has 4 aliphatic carbocycles. The van der Waals surface area contributed by atoms with E-state index in [1.807, 2.05) is 0 Å². The summed E-state index contributed by atoms with van der Waals surface area (Å²) in [5.74, 6) is -2.56. The molecule has 1 aromatic carbocycles. The van der Waals surface area contributed by atoms with Gasteiger partial charge in [0.1, 0.15) is 6.61 Å². The van der Waals surface area contributed by atoms with Crippen LogP contribution in [-0.4, -0.2) is 52.3 Å². The second-order valence-corrected chi connectivity index (χ2v) is 12.7. The zero-order chi connectivity index (χ0) is 29.0. The molecule has 1 aromatic rings. The predicted molar refractivity (Wildman–Crippen MR) is 137 cm³/mol. The minimum absolute atomic E-state index is 0.0374. The highest BCUT2D eigenvalue weighted by molar-refractivity contribution is 6.31. The fourth-order valence-electron chi connectivity index (χ4n) is 8.91. The number of hydrogen-bond acceptors (Lipinski definition) is 6. The summed E-state index contributed by atoms with van der Waals surface area (Å²) in [5, 5.41) is 22.4. The molecule has 1 aliphatic heterocycles. The van der Waals surface area contributed by atoms with Gasteiger partial charge in [-0.25, -0.2) is 4.39 Å². The van der Waals surface area contributed by atoms with Crippen molar-refractivity contribution in [3.05, 3.63) is 52.6 Å². The molecule has 0 unspecified atom stereocenters. The summed E-state index contributed by atoms with van der Waals surface area (Å²) in [7, 11) is 0. The molecule has 0 spiro atoms. The van der Waals surface area contributed by atoms with Crippen molar-refractivity contribution in [3.8, 4) is 0 Å². The summed E-state index contributed by atoms with van der Waals surface area (Å²) in [4.78, 5) is 31.9. The van der Waals surface area contributed by atoms with E-state index in [0.717, 1.165) is 12.1 Å². The van der Waals surface area contributed by atoms with Gasteiger partial charge in [-0.3, -0.25) is 19.5 Å². The third-order valence-electron chi connectivity index (χ3n) is 10.7. The first-order valence-corrected chi connectivity index (χ1v) is 13.8. The number of Topliss-reactive ketones (excluding diaryl/α,β-unsaturated/α-hetero) is 1. The van der Waals surface area contributed by atoms with E-state index >= 15 is 4.39 Å². The zero-order valence-electron chi connectivity index (χ0n) is 22.0. The second-order valence-electron chi connectivity index (χ2n) is 12.3. The van der Waals surface area contributed by atoms with Crippen LogP contribution in [0.15, 0.2) is 42.0 Å². The smallest absolute Gasteiger partial charge is 0.390 e. The van der Waals surface area contributed by atoms with Gasteiger partial charge < -0.3 is 10.2 Å². The predicted octanol–water partition coefficient (Wildman–Crippen LogP) is 5.01. The summed E-state index contributed by atoms with van der Waals surface area (Å²) in [5.41, 5.74) is -6.50. The maximum Gasteiger partial charge on any atom is 0.417 e. The van der Waals surface area contributed by atoms with Crippen molar-refractivity contribution < 1.29 is 42.2 Å². The Morgan fingerprint density at radius 3 is 2.65 bits per heavy atom. The molecule has 0 aromatic heterocycles. The number of carbonyl (C=O) groups is 2. The Morgan fingerprint density at radius 1 is 1.25 bits per heavy atom. The average molecular weight is 584 g/mol. The second kappa shape index (κ2) is 8.63. The number of ketones is 2. The Morgan fingerprint density at radius 2 is 1.98 bits per heavy atom. The Kier molecular flexibility index (Phi) is 6.01. The average Bonchev–Trinajstić information content (AvgIpc) is 3.38. The van der Waals surface area contributed by atoms with Crippen molar-refractivity contribution in [2.75, 3.05) is 18.2 Å². The number of allylic oxidation sites excluding steroid dienone is 4. The molecule has 0 radical (unpaired) electrons. The molecule has 1 heterocycles. The van der Waals surface area contributed by atoms with Crippen LogP contribution in [0, 0.1) is 28.6 Å². The first-order chi connectivity index (χ1) is 18.6. The molecule has 216 valence electrons. The Hall–Kier alpha value is -2.27. The quantitative estimate of drug-likeness (QED) is 0.487. The summed E-state index contributed by atoms with van der Waals surface area (Å²) in [6.07, 6.45) is -0.968. The van der Waals surface area contributed by atoms with Crippen molar-refractivity contribution in [3.63, 3.8) is 0 Å². The highest BCUT2D eigenvalue weighted by Crippen LogP contribution is 2.72. The van der Waals surface area contributed by atoms with Crippen LogP contribution in [0.5, 0.6) is 0 Å². The molecule has 6 nitrogen and oxygen atoms in total. The van der Waals surface area contributed by atoms with Gasteiger partial charge >= 0.3 is 6.18 Å². The topological polar surface area (TPSA) is 87.1 Å². The summed E-state index contributed by atoms with van der Waals surface area (Å²) >= 11 is 5.80. The molecule has 2 N–H and O–H groups in total. The number of benzene rings is 1. The molecule has 6 rings (SSSR count). The van der Waals surface area contributed by atoms with Crippen molar-refractivity contribution in [1.82, 2.24) is 0 Å². The Balaban J connectivity index is 1.41. The van der Waals surface area contributed by atoms with Gasteiger partial charge in [-0.05, 0) is 68.9 Å². The third-order valence-corrected chi connectivity index (χ3v) is 11.1. The fourth-order valence-corrected chi connectivity index (χ4v) is 9.14. The van der Waals surface area contributed by atoms with Crippen molar-refractivity contribution in [1.29, 1.82) is 0 Å². The van der Waals surface area contributed by atoms with Gasteiger partial charge in [0.05, 0.1) is 28.9 Å². The molecule has 3 saturated carbocycles. The molecule has 11 heteroatoms. The van der Waals surface area contributed by atoms with Crippen LogP contribution in [0.1, 0.15) is 45.1 Å². The van der Waals surface area contributed by atoms with Crippen LogP contribution in [0.25, 0.3) is 0 Å². The van der Waals surface area contributed by atoms with Gasteiger partial charge in [0.25, 0.3) is 0 Å². The number of aliphatic hydroxyl groups is 2. The van der Waals surface area contributed by atoms with E-state index in [4.69, 9.17) is 16.4 Å². The number of nitrogens with zero attached hydrogens (tertiary/aromatic N) is 1. The highest BCUT2D eigenvalue weighted by atomic mass is 35.5. The lowest BCUT2D eigenvalue weighted by Gasteiger charge is -2.62. The molecule has 40 heavy (non-hydrogen) atoms. The maximum atomic E-state index is 17.4. The lowest BCUT2D eigenvalue weighted by Crippen LogP contribution is -2.69.